The molecule has 0 unspecified atom stereocenters. The van der Waals surface area contributed by atoms with Crippen molar-refractivity contribution >= 4 is 0 Å². The van der Waals surface area contributed by atoms with Crippen LogP contribution in [0.2, 0.25) is 0 Å². The molecule has 0 saturated carbocycles. The lowest BCUT2D eigenvalue weighted by atomic mass is 10.2. The first-order valence-corrected chi connectivity index (χ1v) is 5.49. The van der Waals surface area contributed by atoms with Gasteiger partial charge in [0.25, 0.3) is 0 Å². The zero-order chi connectivity index (χ0) is 14.1. The second-order valence-corrected chi connectivity index (χ2v) is 4.12. The van der Waals surface area contributed by atoms with Gasteiger partial charge in [0.15, 0.2) is 0 Å². The van der Waals surface area contributed by atoms with E-state index in [1.807, 2.05) is 0 Å². The Balaban J connectivity index is 3.71. The smallest absolute Gasteiger partial charge is 0.0663 e. The fourth-order valence-electron chi connectivity index (χ4n) is 1.37. The molecule has 0 radical (unpaired) electrons. The van der Waals surface area contributed by atoms with E-state index in [0.717, 1.165) is 10.1 Å². The summed E-state index contributed by atoms with van der Waals surface area (Å²) >= 11 is 0. The zero-order valence-corrected chi connectivity index (χ0v) is 10.3. The lowest BCUT2D eigenvalue weighted by Gasteiger charge is -2.23. The van der Waals surface area contributed by atoms with Crippen molar-refractivity contribution in [3.63, 3.8) is 0 Å². The maximum absolute atomic E-state index is 9.40. The van der Waals surface area contributed by atoms with E-state index in [4.69, 9.17) is 20.8 Å². The number of hydrogen-bond donors (Lipinski definition) is 6. The van der Waals surface area contributed by atoms with Crippen LogP contribution in [0.15, 0.2) is 0 Å². The lowest BCUT2D eigenvalue weighted by Crippen LogP contribution is -2.38. The zero-order valence-electron chi connectivity index (χ0n) is 10.3. The molecule has 0 atom stereocenters. The van der Waals surface area contributed by atoms with Crippen molar-refractivity contribution < 1.29 is 31.2 Å². The largest absolute Gasteiger partial charge is 0.314 e. The van der Waals surface area contributed by atoms with Crippen molar-refractivity contribution in [2.75, 3.05) is 39.3 Å². The van der Waals surface area contributed by atoms with Crippen molar-refractivity contribution in [2.24, 2.45) is 5.92 Å². The van der Waals surface area contributed by atoms with Gasteiger partial charge >= 0.3 is 0 Å². The molecule has 10 heteroatoms. The van der Waals surface area contributed by atoms with Crippen LogP contribution in [-0.4, -0.2) is 91.1 Å². The summed E-state index contributed by atoms with van der Waals surface area (Å²) < 4.78 is 0. The summed E-state index contributed by atoms with van der Waals surface area (Å²) in [5.74, 6) is -0.100. The summed E-state index contributed by atoms with van der Waals surface area (Å²) in [6.07, 6.45) is 0. The molecular weight excluding hydrogens is 248 g/mol. The van der Waals surface area contributed by atoms with Crippen LogP contribution in [0.5, 0.6) is 0 Å². The molecule has 0 aromatic carbocycles. The van der Waals surface area contributed by atoms with E-state index in [2.05, 4.69) is 0 Å². The van der Waals surface area contributed by atoms with Crippen LogP contribution in [0.1, 0.15) is 6.92 Å². The first kappa shape index (κ1) is 17.6. The Morgan fingerprint density at radius 2 is 1.00 bits per heavy atom. The second kappa shape index (κ2) is 9.52. The molecule has 0 aliphatic heterocycles. The van der Waals surface area contributed by atoms with Gasteiger partial charge in [0.2, 0.25) is 0 Å². The van der Waals surface area contributed by atoms with Crippen LogP contribution in [-0.2, 0) is 0 Å². The number of hydrogen-bond acceptors (Lipinski definition) is 10. The second-order valence-electron chi connectivity index (χ2n) is 4.12. The molecule has 0 aliphatic rings. The maximum Gasteiger partial charge on any atom is 0.0663 e. The SMILES string of the molecule is CC(CN(O)CCN(O)O)CN(O)CCN(O)O. The Labute approximate surface area is 105 Å². The van der Waals surface area contributed by atoms with Crippen molar-refractivity contribution in [2.45, 2.75) is 6.92 Å². The predicted molar refractivity (Wildman–Crippen MR) is 56.4 cm³/mol. The predicted octanol–water partition coefficient (Wildman–Crippen LogP) is -0.834. The first-order valence-electron chi connectivity index (χ1n) is 5.49. The van der Waals surface area contributed by atoms with Crippen LogP contribution < -0.4 is 0 Å². The fourth-order valence-corrected chi connectivity index (χ4v) is 1.37. The normalized spacial score (nSPS) is 12.7. The van der Waals surface area contributed by atoms with Crippen LogP contribution in [0.25, 0.3) is 0 Å². The molecule has 0 heterocycles. The minimum Gasteiger partial charge on any atom is -0.314 e. The number of nitrogens with zero attached hydrogens (tertiary/aromatic N) is 4. The molecule has 18 heavy (non-hydrogen) atoms. The molecule has 0 aromatic heterocycles. The van der Waals surface area contributed by atoms with Crippen LogP contribution in [0.4, 0.5) is 0 Å². The summed E-state index contributed by atoms with van der Waals surface area (Å²) in [7, 11) is 0. The first-order chi connectivity index (χ1) is 8.31. The molecule has 110 valence electrons. The van der Waals surface area contributed by atoms with Gasteiger partial charge in [-0.05, 0) is 5.92 Å². The molecule has 0 amide bonds. The summed E-state index contributed by atoms with van der Waals surface area (Å²) in [4.78, 5) is 0. The van der Waals surface area contributed by atoms with E-state index in [0.29, 0.717) is 0 Å². The van der Waals surface area contributed by atoms with Crippen LogP contribution >= 0.6 is 0 Å². The summed E-state index contributed by atoms with van der Waals surface area (Å²) in [6.45, 7) is 2.07. The monoisotopic (exact) mass is 270 g/mol. The molecule has 0 aliphatic carbocycles. The van der Waals surface area contributed by atoms with Gasteiger partial charge in [0.05, 0.1) is 13.1 Å². The average Bonchev–Trinajstić information content (AvgIpc) is 2.23. The third-order valence-electron chi connectivity index (χ3n) is 2.16. The lowest BCUT2D eigenvalue weighted by molar-refractivity contribution is -0.313. The Morgan fingerprint density at radius 1 is 0.667 bits per heavy atom. The highest BCUT2D eigenvalue weighted by Crippen LogP contribution is 2.00. The van der Waals surface area contributed by atoms with Gasteiger partial charge in [-0.2, -0.15) is 10.1 Å². The van der Waals surface area contributed by atoms with E-state index in [9.17, 15) is 10.4 Å². The standard InChI is InChI=1S/C8H22N4O6/c1-8(6-9(13)2-4-11(15)16)7-10(14)3-5-12(17)18/h8,13-18H,2-7H2,1H3. The molecule has 6 N–H and O–H groups in total. The molecule has 0 rings (SSSR count). The van der Waals surface area contributed by atoms with Gasteiger partial charge in [-0.15, -0.1) is 0 Å². The Bertz CT molecular complexity index is 188. The topological polar surface area (TPSA) is 134 Å². The summed E-state index contributed by atoms with van der Waals surface area (Å²) in [5.41, 5.74) is 0. The van der Waals surface area contributed by atoms with Crippen LogP contribution in [0.3, 0.4) is 0 Å². The highest BCUT2D eigenvalue weighted by Gasteiger charge is 2.12. The van der Waals surface area contributed by atoms with Crippen molar-refractivity contribution in [3.05, 3.63) is 0 Å². The van der Waals surface area contributed by atoms with Crippen molar-refractivity contribution in [3.8, 4) is 0 Å². The van der Waals surface area contributed by atoms with Gasteiger partial charge < -0.3 is 10.4 Å². The maximum atomic E-state index is 9.40. The molecule has 0 bridgehead atoms. The molecule has 10 nitrogen and oxygen atoms in total. The number of rotatable bonds is 10. The van der Waals surface area contributed by atoms with E-state index >= 15 is 0 Å². The molecule has 0 aromatic rings. The van der Waals surface area contributed by atoms with E-state index in [1.165, 1.54) is 0 Å². The fraction of sp³-hybridized carbons (Fsp3) is 1.00. The van der Waals surface area contributed by atoms with Crippen molar-refractivity contribution in [1.82, 2.24) is 20.6 Å². The third-order valence-corrected chi connectivity index (χ3v) is 2.16. The molecular formula is C8H22N4O6. The minimum atomic E-state index is -0.129. The Hall–Kier alpha value is -0.400. The quantitative estimate of drug-likeness (QED) is 0.279. The third kappa shape index (κ3) is 10.7. The van der Waals surface area contributed by atoms with E-state index in [1.54, 1.807) is 6.92 Å². The molecule has 0 saturated heterocycles. The summed E-state index contributed by atoms with van der Waals surface area (Å²) in [6, 6.07) is 0. The van der Waals surface area contributed by atoms with Gasteiger partial charge in [-0.25, -0.2) is 0 Å². The Morgan fingerprint density at radius 3 is 1.28 bits per heavy atom. The Kier molecular flexibility index (Phi) is 9.31. The highest BCUT2D eigenvalue weighted by atomic mass is 16.8. The molecule has 0 spiro atoms. The highest BCUT2D eigenvalue weighted by molar-refractivity contribution is 4.59. The minimum absolute atomic E-state index is 0.0245. The van der Waals surface area contributed by atoms with E-state index < -0.39 is 0 Å². The van der Waals surface area contributed by atoms with E-state index in [-0.39, 0.29) is 55.6 Å². The van der Waals surface area contributed by atoms with Crippen LogP contribution in [0, 0.1) is 5.92 Å². The average molecular weight is 270 g/mol. The van der Waals surface area contributed by atoms with Crippen molar-refractivity contribution in [1.29, 1.82) is 0 Å². The van der Waals surface area contributed by atoms with Gasteiger partial charge in [0.1, 0.15) is 0 Å². The summed E-state index contributed by atoms with van der Waals surface area (Å²) in [5, 5.41) is 54.4. The molecule has 0 fully saturated rings. The number of hydroxylamine groups is 8. The van der Waals surface area contributed by atoms with Gasteiger partial charge in [-0.1, -0.05) is 17.4 Å². The van der Waals surface area contributed by atoms with Gasteiger partial charge in [0, 0.05) is 26.2 Å². The van der Waals surface area contributed by atoms with Gasteiger partial charge in [-0.3, -0.25) is 20.8 Å².